The van der Waals surface area contributed by atoms with Crippen molar-refractivity contribution in [2.75, 3.05) is 0 Å². The molecule has 0 saturated carbocycles. The summed E-state index contributed by atoms with van der Waals surface area (Å²) in [5.74, 6) is 2.83. The van der Waals surface area contributed by atoms with Gasteiger partial charge in [-0.15, -0.1) is 11.3 Å². The van der Waals surface area contributed by atoms with Crippen LogP contribution < -0.4 is 0 Å². The Morgan fingerprint density at radius 2 is 1.75 bits per heavy atom. The second-order valence-electron chi connectivity index (χ2n) is 6.12. The van der Waals surface area contributed by atoms with Crippen LogP contribution in [0.2, 0.25) is 0 Å². The van der Waals surface area contributed by atoms with Gasteiger partial charge in [-0.1, -0.05) is 66.4 Å². The first-order chi connectivity index (χ1) is 13.9. The molecule has 0 aliphatic heterocycles. The summed E-state index contributed by atoms with van der Waals surface area (Å²) in [4.78, 5) is 15.0. The molecule has 136 valence electrons. The number of thiophene rings is 1. The second kappa shape index (κ2) is 7.58. The lowest BCUT2D eigenvalue weighted by Gasteiger charge is -2.06. The third kappa shape index (κ3) is 3.44. The molecule has 3 aromatic heterocycles. The highest BCUT2D eigenvalue weighted by atomic mass is 32.2. The van der Waals surface area contributed by atoms with Crippen LogP contribution in [0.4, 0.5) is 0 Å². The van der Waals surface area contributed by atoms with Crippen molar-refractivity contribution in [3.63, 3.8) is 0 Å². The third-order valence-electron chi connectivity index (χ3n) is 4.25. The van der Waals surface area contributed by atoms with E-state index in [1.165, 1.54) is 0 Å². The molecule has 0 aliphatic rings. The highest BCUT2D eigenvalue weighted by molar-refractivity contribution is 7.98. The molecule has 28 heavy (non-hydrogen) atoms. The number of hydrogen-bond donors (Lipinski definition) is 0. The Morgan fingerprint density at radius 3 is 2.61 bits per heavy atom. The van der Waals surface area contributed by atoms with Crippen LogP contribution in [0.1, 0.15) is 5.89 Å². The quantitative estimate of drug-likeness (QED) is 0.255. The van der Waals surface area contributed by atoms with Crippen LogP contribution >= 0.6 is 23.1 Å². The Hall–Kier alpha value is -2.96. The van der Waals surface area contributed by atoms with E-state index in [4.69, 9.17) is 14.4 Å². The molecule has 6 heteroatoms. The van der Waals surface area contributed by atoms with Crippen LogP contribution in [0, 0.1) is 0 Å². The zero-order valence-electron chi connectivity index (χ0n) is 14.8. The number of benzene rings is 2. The number of rotatable bonds is 5. The first kappa shape index (κ1) is 17.2. The largest absolute Gasteiger partial charge is 0.440 e. The molecule has 0 radical (unpaired) electrons. The average Bonchev–Trinajstić information content (AvgIpc) is 3.45. The summed E-state index contributed by atoms with van der Waals surface area (Å²) in [7, 11) is 0. The van der Waals surface area contributed by atoms with Gasteiger partial charge in [0.15, 0.2) is 11.6 Å². The van der Waals surface area contributed by atoms with Crippen molar-refractivity contribution < 1.29 is 4.42 Å². The average molecular weight is 402 g/mol. The van der Waals surface area contributed by atoms with Gasteiger partial charge in [-0.3, -0.25) is 0 Å². The summed E-state index contributed by atoms with van der Waals surface area (Å²) in [5, 5.41) is 4.02. The smallest absolute Gasteiger partial charge is 0.205 e. The fourth-order valence-corrected chi connectivity index (χ4v) is 4.45. The number of thioether (sulfide) groups is 1. The van der Waals surface area contributed by atoms with Crippen molar-refractivity contribution in [2.45, 2.75) is 10.8 Å². The standard InChI is InChI=1S/C22H15N3OS2/c1-2-7-15(8-3-1)18-13-23-20(26-18)14-28-22-16-9-4-5-10-17(16)24-21(25-22)19-11-6-12-27-19/h1-13H,14H2. The molecule has 4 nitrogen and oxygen atoms in total. The topological polar surface area (TPSA) is 51.8 Å². The summed E-state index contributed by atoms with van der Waals surface area (Å²) in [6.07, 6.45) is 1.78. The summed E-state index contributed by atoms with van der Waals surface area (Å²) in [5.41, 5.74) is 1.97. The minimum absolute atomic E-state index is 0.609. The molecule has 0 N–H and O–H groups in total. The Balaban J connectivity index is 1.44. The second-order valence-corrected chi connectivity index (χ2v) is 8.03. The Labute approximate surface area is 170 Å². The zero-order valence-corrected chi connectivity index (χ0v) is 16.4. The molecular weight excluding hydrogens is 386 g/mol. The van der Waals surface area contributed by atoms with E-state index in [0.717, 1.165) is 38.0 Å². The molecule has 0 bridgehead atoms. The van der Waals surface area contributed by atoms with Gasteiger partial charge in [0.25, 0.3) is 0 Å². The number of fused-ring (bicyclic) bond motifs is 1. The molecule has 0 fully saturated rings. The van der Waals surface area contributed by atoms with E-state index in [0.29, 0.717) is 11.6 Å². The summed E-state index contributed by atoms with van der Waals surface area (Å²) in [6.45, 7) is 0. The first-order valence-electron chi connectivity index (χ1n) is 8.80. The van der Waals surface area contributed by atoms with Crippen LogP contribution in [-0.2, 0) is 5.75 Å². The van der Waals surface area contributed by atoms with E-state index in [1.54, 1.807) is 29.3 Å². The maximum Gasteiger partial charge on any atom is 0.205 e. The molecule has 2 aromatic carbocycles. The van der Waals surface area contributed by atoms with Crippen LogP contribution in [-0.4, -0.2) is 15.0 Å². The van der Waals surface area contributed by atoms with Crippen molar-refractivity contribution in [1.82, 2.24) is 15.0 Å². The van der Waals surface area contributed by atoms with E-state index in [-0.39, 0.29) is 0 Å². The van der Waals surface area contributed by atoms with Gasteiger partial charge in [-0.05, 0) is 17.5 Å². The lowest BCUT2D eigenvalue weighted by Crippen LogP contribution is -1.93. The Bertz CT molecular complexity index is 1220. The maximum absolute atomic E-state index is 5.93. The number of oxazole rings is 1. The van der Waals surface area contributed by atoms with Gasteiger partial charge in [0.2, 0.25) is 5.89 Å². The monoisotopic (exact) mass is 401 g/mol. The van der Waals surface area contributed by atoms with Gasteiger partial charge in [0, 0.05) is 10.9 Å². The number of hydrogen-bond acceptors (Lipinski definition) is 6. The molecule has 5 rings (SSSR count). The minimum Gasteiger partial charge on any atom is -0.440 e. The van der Waals surface area contributed by atoms with E-state index in [1.807, 2.05) is 66.0 Å². The van der Waals surface area contributed by atoms with Gasteiger partial charge in [0.05, 0.1) is 22.3 Å². The van der Waals surface area contributed by atoms with Gasteiger partial charge in [-0.25, -0.2) is 15.0 Å². The molecule has 3 heterocycles. The lowest BCUT2D eigenvalue weighted by atomic mass is 10.2. The molecule has 0 saturated heterocycles. The third-order valence-corrected chi connectivity index (χ3v) is 6.10. The highest BCUT2D eigenvalue weighted by Crippen LogP contribution is 2.32. The number of aromatic nitrogens is 3. The van der Waals surface area contributed by atoms with Gasteiger partial charge < -0.3 is 4.42 Å². The maximum atomic E-state index is 5.93. The highest BCUT2D eigenvalue weighted by Gasteiger charge is 2.13. The normalized spacial score (nSPS) is 11.1. The molecule has 5 aromatic rings. The van der Waals surface area contributed by atoms with Crippen molar-refractivity contribution in [2.24, 2.45) is 0 Å². The van der Waals surface area contributed by atoms with E-state index in [2.05, 4.69) is 11.1 Å². The zero-order chi connectivity index (χ0) is 18.8. The Kier molecular flexibility index (Phi) is 4.64. The van der Waals surface area contributed by atoms with Gasteiger partial charge >= 0.3 is 0 Å². The van der Waals surface area contributed by atoms with Crippen LogP contribution in [0.5, 0.6) is 0 Å². The Morgan fingerprint density at radius 1 is 0.893 bits per heavy atom. The molecule has 0 aliphatic carbocycles. The summed E-state index contributed by atoms with van der Waals surface area (Å²) < 4.78 is 5.93. The number of nitrogens with zero attached hydrogens (tertiary/aromatic N) is 3. The van der Waals surface area contributed by atoms with Crippen LogP contribution in [0.3, 0.4) is 0 Å². The lowest BCUT2D eigenvalue weighted by molar-refractivity contribution is 0.530. The van der Waals surface area contributed by atoms with Crippen molar-refractivity contribution in [3.05, 3.63) is 84.2 Å². The van der Waals surface area contributed by atoms with Crippen molar-refractivity contribution in [3.8, 4) is 22.0 Å². The van der Waals surface area contributed by atoms with E-state index >= 15 is 0 Å². The SMILES string of the molecule is c1ccc(-c2cnc(CSc3nc(-c4cccs4)nc4ccccc34)o2)cc1. The minimum atomic E-state index is 0.609. The fraction of sp³-hybridized carbons (Fsp3) is 0.0455. The van der Waals surface area contributed by atoms with E-state index in [9.17, 15) is 0 Å². The predicted octanol–water partition coefficient (Wildman–Crippen LogP) is 6.31. The molecule has 0 atom stereocenters. The van der Waals surface area contributed by atoms with Crippen molar-refractivity contribution in [1.29, 1.82) is 0 Å². The van der Waals surface area contributed by atoms with Crippen LogP contribution in [0.25, 0.3) is 32.9 Å². The van der Waals surface area contributed by atoms with Crippen molar-refractivity contribution >= 4 is 34.0 Å². The first-order valence-corrected chi connectivity index (χ1v) is 10.7. The molecule has 0 spiro atoms. The van der Waals surface area contributed by atoms with Crippen LogP contribution in [0.15, 0.2) is 87.8 Å². The van der Waals surface area contributed by atoms with Gasteiger partial charge in [-0.2, -0.15) is 0 Å². The molecule has 0 amide bonds. The summed E-state index contributed by atoms with van der Waals surface area (Å²) in [6, 6.07) is 22.2. The number of para-hydroxylation sites is 1. The molecular formula is C22H15N3OS2. The van der Waals surface area contributed by atoms with E-state index < -0.39 is 0 Å². The molecule has 0 unspecified atom stereocenters. The fourth-order valence-electron chi connectivity index (χ4n) is 2.92. The predicted molar refractivity (Wildman–Crippen MR) is 114 cm³/mol. The summed E-state index contributed by atoms with van der Waals surface area (Å²) >= 11 is 3.26. The van der Waals surface area contributed by atoms with Gasteiger partial charge in [0.1, 0.15) is 5.03 Å².